The Kier molecular flexibility index (Phi) is 5.74. The van der Waals surface area contributed by atoms with E-state index in [9.17, 15) is 9.90 Å². The van der Waals surface area contributed by atoms with Crippen LogP contribution in [0.3, 0.4) is 0 Å². The molecular formula is C26H24N4O2S. The summed E-state index contributed by atoms with van der Waals surface area (Å²) in [4.78, 5) is 12.6. The van der Waals surface area contributed by atoms with E-state index in [0.29, 0.717) is 5.69 Å². The van der Waals surface area contributed by atoms with E-state index in [1.54, 1.807) is 25.0 Å². The predicted molar refractivity (Wildman–Crippen MR) is 128 cm³/mol. The molecule has 0 aliphatic carbocycles. The fraction of sp³-hybridized carbons (Fsp3) is 0.192. The normalized spacial score (nSPS) is 18.9. The molecule has 1 aliphatic rings. The summed E-state index contributed by atoms with van der Waals surface area (Å²) in [5, 5.41) is 21.7. The van der Waals surface area contributed by atoms with Crippen molar-refractivity contribution in [3.05, 3.63) is 120 Å². The van der Waals surface area contributed by atoms with Crippen LogP contribution in [0.1, 0.15) is 28.5 Å². The first-order chi connectivity index (χ1) is 16.1. The summed E-state index contributed by atoms with van der Waals surface area (Å²) in [6, 6.07) is 30.9. The van der Waals surface area contributed by atoms with Gasteiger partial charge in [-0.25, -0.2) is 0 Å². The summed E-state index contributed by atoms with van der Waals surface area (Å²) in [5.74, 6) is -0.823. The summed E-state index contributed by atoms with van der Waals surface area (Å²) in [6.07, 6.45) is 0.613. The molecule has 33 heavy (non-hydrogen) atoms. The van der Waals surface area contributed by atoms with Crippen LogP contribution in [-0.4, -0.2) is 31.4 Å². The third-order valence-electron chi connectivity index (χ3n) is 6.02. The fourth-order valence-electron chi connectivity index (χ4n) is 4.38. The van der Waals surface area contributed by atoms with Crippen molar-refractivity contribution in [3.8, 4) is 0 Å². The van der Waals surface area contributed by atoms with Crippen molar-refractivity contribution < 1.29 is 9.90 Å². The van der Waals surface area contributed by atoms with Crippen molar-refractivity contribution in [1.29, 1.82) is 0 Å². The van der Waals surface area contributed by atoms with Crippen LogP contribution in [0.2, 0.25) is 0 Å². The molecule has 0 radical (unpaired) electrons. The van der Waals surface area contributed by atoms with E-state index in [2.05, 4.69) is 52.0 Å². The highest BCUT2D eigenvalue weighted by Crippen LogP contribution is 2.53. The number of hydrogen-bond acceptors (Lipinski definition) is 5. The molecule has 6 nitrogen and oxygen atoms in total. The molecule has 2 heterocycles. The SMILES string of the molecule is Cn1cc(C(O)[C@H]2C(=O)N[C@@H]2SC(c2ccccc2)(c2ccccc2)c2ccccc2)nn1. The number of nitrogens with one attached hydrogen (secondary N) is 1. The van der Waals surface area contributed by atoms with E-state index in [-0.39, 0.29) is 11.3 Å². The average Bonchev–Trinajstić information content (AvgIpc) is 3.30. The van der Waals surface area contributed by atoms with Crippen LogP contribution < -0.4 is 5.32 Å². The lowest BCUT2D eigenvalue weighted by atomic mass is 9.84. The Morgan fingerprint density at radius 2 is 1.39 bits per heavy atom. The minimum Gasteiger partial charge on any atom is -0.386 e. The van der Waals surface area contributed by atoms with Gasteiger partial charge < -0.3 is 10.4 Å². The number of aliphatic hydroxyl groups excluding tert-OH is 1. The molecule has 0 spiro atoms. The number of rotatable bonds is 7. The second-order valence-electron chi connectivity index (χ2n) is 8.11. The lowest BCUT2D eigenvalue weighted by molar-refractivity contribution is -0.138. The molecule has 0 bridgehead atoms. The number of aliphatic hydroxyl groups is 1. The van der Waals surface area contributed by atoms with Gasteiger partial charge >= 0.3 is 0 Å². The van der Waals surface area contributed by atoms with Gasteiger partial charge in [0.05, 0.1) is 22.2 Å². The van der Waals surface area contributed by atoms with Crippen molar-refractivity contribution in [2.45, 2.75) is 16.2 Å². The summed E-state index contributed by atoms with van der Waals surface area (Å²) < 4.78 is 0.932. The molecule has 1 unspecified atom stereocenters. The molecule has 3 atom stereocenters. The van der Waals surface area contributed by atoms with E-state index < -0.39 is 16.8 Å². The zero-order valence-corrected chi connectivity index (χ0v) is 18.9. The Hall–Kier alpha value is -3.42. The van der Waals surface area contributed by atoms with E-state index in [0.717, 1.165) is 16.7 Å². The second-order valence-corrected chi connectivity index (χ2v) is 9.47. The monoisotopic (exact) mass is 456 g/mol. The lowest BCUT2D eigenvalue weighted by Gasteiger charge is -2.45. The number of hydrogen-bond donors (Lipinski definition) is 2. The maximum atomic E-state index is 12.6. The van der Waals surface area contributed by atoms with Gasteiger partial charge in [-0.15, -0.1) is 16.9 Å². The Morgan fingerprint density at radius 3 is 1.79 bits per heavy atom. The molecule has 3 aromatic carbocycles. The molecule has 7 heteroatoms. The number of carbonyl (C=O) groups is 1. The number of nitrogens with zero attached hydrogens (tertiary/aromatic N) is 3. The van der Waals surface area contributed by atoms with Gasteiger partial charge in [0, 0.05) is 7.05 Å². The average molecular weight is 457 g/mol. The quantitative estimate of drug-likeness (QED) is 0.328. The second kappa shape index (κ2) is 8.84. The Bertz CT molecular complexity index is 1130. The summed E-state index contributed by atoms with van der Waals surface area (Å²) in [6.45, 7) is 0. The molecule has 1 aliphatic heterocycles. The van der Waals surface area contributed by atoms with E-state index in [4.69, 9.17) is 0 Å². The first-order valence-electron chi connectivity index (χ1n) is 10.8. The number of benzene rings is 3. The third-order valence-corrected chi connectivity index (χ3v) is 7.75. The number of aryl methyl sites for hydroxylation is 1. The van der Waals surface area contributed by atoms with Gasteiger partial charge in [0.25, 0.3) is 0 Å². The number of aromatic nitrogens is 3. The van der Waals surface area contributed by atoms with Crippen LogP contribution in [0.15, 0.2) is 97.2 Å². The number of amides is 1. The topological polar surface area (TPSA) is 80.0 Å². The first-order valence-corrected chi connectivity index (χ1v) is 11.7. The molecule has 1 aromatic heterocycles. The fourth-order valence-corrected chi connectivity index (χ4v) is 6.17. The largest absolute Gasteiger partial charge is 0.386 e. The summed E-state index contributed by atoms with van der Waals surface area (Å²) >= 11 is 1.63. The van der Waals surface area contributed by atoms with Gasteiger partial charge in [0.1, 0.15) is 11.8 Å². The van der Waals surface area contributed by atoms with Crippen LogP contribution in [-0.2, 0) is 16.6 Å². The van der Waals surface area contributed by atoms with Crippen LogP contribution in [0.5, 0.6) is 0 Å². The zero-order valence-electron chi connectivity index (χ0n) is 18.1. The van der Waals surface area contributed by atoms with Gasteiger partial charge in [-0.3, -0.25) is 9.48 Å². The van der Waals surface area contributed by atoms with Gasteiger partial charge in [-0.05, 0) is 16.7 Å². The summed E-state index contributed by atoms with van der Waals surface area (Å²) in [5.41, 5.74) is 3.69. The molecule has 4 aromatic rings. The Morgan fingerprint density at radius 1 is 0.909 bits per heavy atom. The predicted octanol–water partition coefficient (Wildman–Crippen LogP) is 3.65. The maximum absolute atomic E-state index is 12.6. The minimum atomic E-state index is -1.04. The van der Waals surface area contributed by atoms with Gasteiger partial charge in [0.2, 0.25) is 5.91 Å². The van der Waals surface area contributed by atoms with Crippen LogP contribution in [0, 0.1) is 5.92 Å². The zero-order chi connectivity index (χ0) is 22.8. The van der Waals surface area contributed by atoms with Gasteiger partial charge in [0.15, 0.2) is 0 Å². The molecule has 2 N–H and O–H groups in total. The molecular weight excluding hydrogens is 432 g/mol. The van der Waals surface area contributed by atoms with Gasteiger partial charge in [-0.2, -0.15) is 0 Å². The molecule has 5 rings (SSSR count). The molecule has 1 fully saturated rings. The van der Waals surface area contributed by atoms with Crippen molar-refractivity contribution in [1.82, 2.24) is 20.3 Å². The van der Waals surface area contributed by atoms with Crippen LogP contribution >= 0.6 is 11.8 Å². The summed E-state index contributed by atoms with van der Waals surface area (Å²) in [7, 11) is 1.74. The van der Waals surface area contributed by atoms with Crippen molar-refractivity contribution in [3.63, 3.8) is 0 Å². The number of carbonyl (C=O) groups excluding carboxylic acids is 1. The van der Waals surface area contributed by atoms with Gasteiger partial charge in [-0.1, -0.05) is 96.2 Å². The first kappa shape index (κ1) is 21.4. The van der Waals surface area contributed by atoms with E-state index in [1.807, 2.05) is 54.6 Å². The minimum absolute atomic E-state index is 0.186. The number of thioether (sulfide) groups is 1. The smallest absolute Gasteiger partial charge is 0.230 e. The highest BCUT2D eigenvalue weighted by molar-refractivity contribution is 8.01. The third kappa shape index (κ3) is 3.83. The highest BCUT2D eigenvalue weighted by Gasteiger charge is 2.51. The van der Waals surface area contributed by atoms with Crippen LogP contribution in [0.4, 0.5) is 0 Å². The molecule has 166 valence electrons. The highest BCUT2D eigenvalue weighted by atomic mass is 32.2. The molecule has 1 saturated heterocycles. The van der Waals surface area contributed by atoms with Crippen molar-refractivity contribution >= 4 is 17.7 Å². The Balaban J connectivity index is 1.61. The van der Waals surface area contributed by atoms with Crippen LogP contribution in [0.25, 0.3) is 0 Å². The maximum Gasteiger partial charge on any atom is 0.230 e. The standard InChI is InChI=1S/C26H24N4O2S/c1-30-17-21(28-29-30)23(31)22-24(32)27-25(22)33-26(18-11-5-2-6-12-18,19-13-7-3-8-14-19)20-15-9-4-10-16-20/h2-17,22-23,25,31H,1H3,(H,27,32)/t22-,23?,25+/m0/s1. The molecule has 0 saturated carbocycles. The van der Waals surface area contributed by atoms with E-state index >= 15 is 0 Å². The van der Waals surface area contributed by atoms with Crippen molar-refractivity contribution in [2.24, 2.45) is 13.0 Å². The van der Waals surface area contributed by atoms with Crippen molar-refractivity contribution in [2.75, 3.05) is 0 Å². The lowest BCUT2D eigenvalue weighted by Crippen LogP contribution is -2.59. The number of β-lactam (4-membered cyclic amide) rings is 1. The molecule has 1 amide bonds. The Labute approximate surface area is 196 Å². The van der Waals surface area contributed by atoms with E-state index in [1.165, 1.54) is 4.68 Å².